The summed E-state index contributed by atoms with van der Waals surface area (Å²) in [6.07, 6.45) is -2.44. The van der Waals surface area contributed by atoms with Crippen LogP contribution in [0.1, 0.15) is 39.0 Å². The highest BCUT2D eigenvalue weighted by Gasteiger charge is 2.54. The third-order valence-electron chi connectivity index (χ3n) is 4.61. The van der Waals surface area contributed by atoms with Gasteiger partial charge in [-0.1, -0.05) is 19.8 Å². The van der Waals surface area contributed by atoms with Crippen LogP contribution in [0.5, 0.6) is 0 Å². The number of aliphatic carboxylic acids is 1. The van der Waals surface area contributed by atoms with Gasteiger partial charge in [0.05, 0.1) is 25.4 Å². The summed E-state index contributed by atoms with van der Waals surface area (Å²) in [5, 5.41) is 48.5. The van der Waals surface area contributed by atoms with Crippen molar-refractivity contribution in [1.29, 1.82) is 0 Å². The van der Waals surface area contributed by atoms with Gasteiger partial charge in [-0.3, -0.25) is 0 Å². The van der Waals surface area contributed by atoms with Crippen molar-refractivity contribution >= 4 is 5.97 Å². The van der Waals surface area contributed by atoms with E-state index in [1.54, 1.807) is 6.92 Å². The van der Waals surface area contributed by atoms with Crippen molar-refractivity contribution < 1.29 is 39.8 Å². The maximum absolute atomic E-state index is 11.7. The first-order valence-corrected chi connectivity index (χ1v) is 8.69. The van der Waals surface area contributed by atoms with Crippen molar-refractivity contribution in [3.63, 3.8) is 0 Å². The molecule has 0 aromatic heterocycles. The van der Waals surface area contributed by atoms with Crippen LogP contribution in [0, 0.1) is 5.92 Å². The van der Waals surface area contributed by atoms with Gasteiger partial charge in [0.15, 0.2) is 0 Å². The SMILES string of the molecule is C[C@@H]1C(O)CC(OCCCCCCN)(C(=O)O)O[C@H]1[C@H](O)[C@H](O)CO. The maximum Gasteiger partial charge on any atom is 0.364 e. The summed E-state index contributed by atoms with van der Waals surface area (Å²) in [4.78, 5) is 11.7. The Labute approximate surface area is 147 Å². The van der Waals surface area contributed by atoms with Crippen molar-refractivity contribution in [1.82, 2.24) is 0 Å². The molecule has 7 N–H and O–H groups in total. The smallest absolute Gasteiger partial charge is 0.364 e. The third-order valence-corrected chi connectivity index (χ3v) is 4.61. The quantitative estimate of drug-likeness (QED) is 0.247. The summed E-state index contributed by atoms with van der Waals surface area (Å²) in [7, 11) is 0. The molecule has 1 saturated heterocycles. The molecule has 0 aliphatic carbocycles. The topological polar surface area (TPSA) is 163 Å². The molecule has 0 spiro atoms. The number of aliphatic hydroxyl groups excluding tert-OH is 4. The summed E-state index contributed by atoms with van der Waals surface area (Å²) in [5.74, 6) is -4.14. The van der Waals surface area contributed by atoms with Gasteiger partial charge in [0.25, 0.3) is 5.79 Å². The van der Waals surface area contributed by atoms with Crippen molar-refractivity contribution in [3.8, 4) is 0 Å². The molecule has 0 bridgehead atoms. The largest absolute Gasteiger partial charge is 0.477 e. The second-order valence-corrected chi connectivity index (χ2v) is 6.56. The zero-order chi connectivity index (χ0) is 19.0. The Hall–Kier alpha value is -0.810. The molecule has 0 radical (unpaired) electrons. The van der Waals surface area contributed by atoms with E-state index < -0.39 is 48.7 Å². The fraction of sp³-hybridized carbons (Fsp3) is 0.938. The number of ether oxygens (including phenoxy) is 2. The number of nitrogens with two attached hydrogens (primary N) is 1. The van der Waals surface area contributed by atoms with Gasteiger partial charge >= 0.3 is 5.97 Å². The normalized spacial score (nSPS) is 32.3. The first-order chi connectivity index (χ1) is 11.8. The molecule has 2 unspecified atom stereocenters. The summed E-state index contributed by atoms with van der Waals surface area (Å²) in [6.45, 7) is 1.57. The predicted molar refractivity (Wildman–Crippen MR) is 87.6 cm³/mol. The Bertz CT molecular complexity index is 410. The van der Waals surface area contributed by atoms with Gasteiger partial charge in [0.2, 0.25) is 0 Å². The van der Waals surface area contributed by atoms with Crippen LogP contribution in [0.3, 0.4) is 0 Å². The first kappa shape index (κ1) is 22.2. The number of carboxylic acid groups (broad SMARTS) is 1. The number of carboxylic acids is 1. The van der Waals surface area contributed by atoms with Crippen LogP contribution in [0.4, 0.5) is 0 Å². The molecule has 148 valence electrons. The molecule has 1 aliphatic heterocycles. The van der Waals surface area contributed by atoms with Crippen LogP contribution in [0.15, 0.2) is 0 Å². The minimum absolute atomic E-state index is 0.114. The maximum atomic E-state index is 11.7. The second-order valence-electron chi connectivity index (χ2n) is 6.56. The van der Waals surface area contributed by atoms with Crippen LogP contribution < -0.4 is 5.73 Å². The van der Waals surface area contributed by atoms with Gasteiger partial charge < -0.3 is 40.7 Å². The standard InChI is InChI=1S/C16H31NO8/c1-10-11(19)8-16(15(22)23,24-7-5-3-2-4-6-17)25-14(10)13(21)12(20)9-18/h10-14,18-21H,2-9,17H2,1H3,(H,22,23)/t10-,11?,12-,13-,14-,16?/m1/s1. The molecule has 9 nitrogen and oxygen atoms in total. The Kier molecular flexibility index (Phi) is 9.22. The lowest BCUT2D eigenvalue weighted by Crippen LogP contribution is -2.61. The average molecular weight is 365 g/mol. The van der Waals surface area contributed by atoms with Crippen molar-refractivity contribution in [2.24, 2.45) is 11.7 Å². The highest BCUT2D eigenvalue weighted by atomic mass is 16.7. The summed E-state index contributed by atoms with van der Waals surface area (Å²) in [6, 6.07) is 0. The van der Waals surface area contributed by atoms with Gasteiger partial charge in [-0.05, 0) is 19.4 Å². The lowest BCUT2D eigenvalue weighted by Gasteiger charge is -2.45. The van der Waals surface area contributed by atoms with E-state index in [0.717, 1.165) is 19.3 Å². The molecule has 0 amide bonds. The number of rotatable bonds is 11. The van der Waals surface area contributed by atoms with E-state index in [0.29, 0.717) is 13.0 Å². The molecule has 25 heavy (non-hydrogen) atoms. The van der Waals surface area contributed by atoms with Gasteiger partial charge in [-0.25, -0.2) is 4.79 Å². The Morgan fingerprint density at radius 3 is 2.52 bits per heavy atom. The van der Waals surface area contributed by atoms with Crippen molar-refractivity contribution in [2.45, 2.75) is 69.2 Å². The molecule has 9 heteroatoms. The lowest BCUT2D eigenvalue weighted by molar-refractivity contribution is -0.318. The van der Waals surface area contributed by atoms with Crippen LogP contribution >= 0.6 is 0 Å². The van der Waals surface area contributed by atoms with E-state index in [9.17, 15) is 25.2 Å². The van der Waals surface area contributed by atoms with Gasteiger partial charge in [-0.2, -0.15) is 0 Å². The monoisotopic (exact) mass is 365 g/mol. The van der Waals surface area contributed by atoms with Crippen LogP contribution in [0.2, 0.25) is 0 Å². The minimum Gasteiger partial charge on any atom is -0.477 e. The third kappa shape index (κ3) is 5.85. The minimum atomic E-state index is -2.10. The van der Waals surface area contributed by atoms with Crippen LogP contribution in [-0.4, -0.2) is 81.5 Å². The van der Waals surface area contributed by atoms with Gasteiger partial charge in [0, 0.05) is 12.3 Å². The number of unbranched alkanes of at least 4 members (excludes halogenated alkanes) is 3. The highest BCUT2D eigenvalue weighted by Crippen LogP contribution is 2.36. The molecule has 0 saturated carbocycles. The molecule has 1 rings (SSSR count). The lowest BCUT2D eigenvalue weighted by atomic mass is 9.84. The number of carbonyl (C=O) groups is 1. The number of aliphatic hydroxyl groups is 4. The molecule has 1 fully saturated rings. The van der Waals surface area contributed by atoms with Crippen LogP contribution in [-0.2, 0) is 14.3 Å². The Balaban J connectivity index is 2.78. The molecule has 1 aliphatic rings. The molecule has 1 heterocycles. The van der Waals surface area contributed by atoms with E-state index >= 15 is 0 Å². The molecule has 0 aromatic rings. The number of hydrogen-bond acceptors (Lipinski definition) is 8. The Morgan fingerprint density at radius 1 is 1.32 bits per heavy atom. The van der Waals surface area contributed by atoms with E-state index in [2.05, 4.69) is 0 Å². The van der Waals surface area contributed by atoms with E-state index in [1.807, 2.05) is 0 Å². The zero-order valence-electron chi connectivity index (χ0n) is 14.6. The van der Waals surface area contributed by atoms with E-state index in [-0.39, 0.29) is 13.0 Å². The average Bonchev–Trinajstić information content (AvgIpc) is 2.59. The summed E-state index contributed by atoms with van der Waals surface area (Å²) >= 11 is 0. The molecule has 6 atom stereocenters. The molecular weight excluding hydrogens is 334 g/mol. The second kappa shape index (κ2) is 10.4. The Morgan fingerprint density at radius 2 is 1.96 bits per heavy atom. The van der Waals surface area contributed by atoms with Gasteiger partial charge in [0.1, 0.15) is 12.2 Å². The van der Waals surface area contributed by atoms with Crippen molar-refractivity contribution in [3.05, 3.63) is 0 Å². The summed E-state index contributed by atoms with van der Waals surface area (Å²) < 4.78 is 11.0. The van der Waals surface area contributed by atoms with Gasteiger partial charge in [-0.15, -0.1) is 0 Å². The molecule has 0 aromatic carbocycles. The predicted octanol–water partition coefficient (Wildman–Crippen LogP) is -1.20. The first-order valence-electron chi connectivity index (χ1n) is 8.69. The fourth-order valence-electron chi connectivity index (χ4n) is 2.89. The van der Waals surface area contributed by atoms with E-state index in [1.165, 1.54) is 0 Å². The fourth-order valence-corrected chi connectivity index (χ4v) is 2.89. The summed E-state index contributed by atoms with van der Waals surface area (Å²) in [5.41, 5.74) is 5.41. The van der Waals surface area contributed by atoms with E-state index in [4.69, 9.17) is 20.3 Å². The number of hydrogen-bond donors (Lipinski definition) is 6. The highest BCUT2D eigenvalue weighted by molar-refractivity contribution is 5.76. The zero-order valence-corrected chi connectivity index (χ0v) is 14.6. The van der Waals surface area contributed by atoms with Crippen LogP contribution in [0.25, 0.3) is 0 Å². The molecular formula is C16H31NO8. The van der Waals surface area contributed by atoms with Crippen molar-refractivity contribution in [2.75, 3.05) is 19.8 Å².